The van der Waals surface area contributed by atoms with E-state index in [1.807, 2.05) is 12.1 Å². The lowest BCUT2D eigenvalue weighted by Gasteiger charge is -2.08. The van der Waals surface area contributed by atoms with Gasteiger partial charge in [0.25, 0.3) is 0 Å². The molecule has 96 valence electrons. The zero-order valence-corrected chi connectivity index (χ0v) is 11.6. The Labute approximate surface area is 111 Å². The van der Waals surface area contributed by atoms with Gasteiger partial charge in [-0.05, 0) is 34.9 Å². The number of aromatic nitrogens is 4. The third kappa shape index (κ3) is 3.08. The predicted molar refractivity (Wildman–Crippen MR) is 72.9 cm³/mol. The normalized spacial score (nSPS) is 11.1. The molecule has 0 aliphatic rings. The average molecular weight is 263 g/mol. The quantitative estimate of drug-likeness (QED) is 0.835. The minimum Gasteiger partial charge on any atom is -0.308 e. The number of benzene rings is 1. The van der Waals surface area contributed by atoms with Gasteiger partial charge in [0, 0.05) is 10.9 Å². The average Bonchev–Trinajstić information content (AvgIpc) is 2.84. The summed E-state index contributed by atoms with van der Waals surface area (Å²) >= 11 is 1.71. The van der Waals surface area contributed by atoms with Crippen LogP contribution in [0.4, 0.5) is 0 Å². The Hall–Kier alpha value is -1.40. The summed E-state index contributed by atoms with van der Waals surface area (Å²) in [5.41, 5.74) is 0.993. The summed E-state index contributed by atoms with van der Waals surface area (Å²) in [6.07, 6.45) is 2.06. The van der Waals surface area contributed by atoms with E-state index in [0.29, 0.717) is 12.6 Å². The van der Waals surface area contributed by atoms with Crippen LogP contribution in [0.25, 0.3) is 5.69 Å². The van der Waals surface area contributed by atoms with Gasteiger partial charge < -0.3 is 5.32 Å². The van der Waals surface area contributed by atoms with Gasteiger partial charge in [-0.25, -0.2) is 0 Å². The summed E-state index contributed by atoms with van der Waals surface area (Å²) in [4.78, 5) is 1.20. The number of rotatable bonds is 5. The van der Waals surface area contributed by atoms with Crippen LogP contribution in [0.15, 0.2) is 29.2 Å². The van der Waals surface area contributed by atoms with E-state index in [0.717, 1.165) is 11.5 Å². The fourth-order valence-corrected chi connectivity index (χ4v) is 2.01. The van der Waals surface area contributed by atoms with Crippen LogP contribution >= 0.6 is 11.8 Å². The lowest BCUT2D eigenvalue weighted by Crippen LogP contribution is -2.24. The van der Waals surface area contributed by atoms with Crippen molar-refractivity contribution in [3.63, 3.8) is 0 Å². The monoisotopic (exact) mass is 263 g/mol. The number of nitrogens with zero attached hydrogens (tertiary/aromatic N) is 4. The third-order valence-electron chi connectivity index (χ3n) is 2.50. The Kier molecular flexibility index (Phi) is 4.33. The number of hydrogen-bond acceptors (Lipinski definition) is 5. The van der Waals surface area contributed by atoms with Crippen LogP contribution in [-0.4, -0.2) is 32.5 Å². The van der Waals surface area contributed by atoms with Crippen LogP contribution in [0.2, 0.25) is 0 Å². The maximum absolute atomic E-state index is 4.05. The molecule has 2 rings (SSSR count). The van der Waals surface area contributed by atoms with E-state index in [-0.39, 0.29) is 0 Å². The molecule has 1 heterocycles. The van der Waals surface area contributed by atoms with Gasteiger partial charge in [-0.1, -0.05) is 19.9 Å². The van der Waals surface area contributed by atoms with E-state index in [1.165, 1.54) is 4.90 Å². The molecule has 0 saturated heterocycles. The van der Waals surface area contributed by atoms with Crippen LogP contribution < -0.4 is 5.32 Å². The molecule has 18 heavy (non-hydrogen) atoms. The van der Waals surface area contributed by atoms with E-state index in [9.17, 15) is 0 Å². The maximum Gasteiger partial charge on any atom is 0.170 e. The van der Waals surface area contributed by atoms with Crippen LogP contribution in [0.1, 0.15) is 19.7 Å². The molecule has 1 aromatic carbocycles. The smallest absolute Gasteiger partial charge is 0.170 e. The second kappa shape index (κ2) is 5.97. The van der Waals surface area contributed by atoms with Gasteiger partial charge in [-0.3, -0.25) is 0 Å². The van der Waals surface area contributed by atoms with Crippen molar-refractivity contribution in [1.29, 1.82) is 0 Å². The highest BCUT2D eigenvalue weighted by Crippen LogP contribution is 2.18. The zero-order chi connectivity index (χ0) is 13.0. The molecule has 5 nitrogen and oxygen atoms in total. The van der Waals surface area contributed by atoms with Crippen molar-refractivity contribution in [3.05, 3.63) is 30.1 Å². The van der Waals surface area contributed by atoms with Crippen LogP contribution in [0.5, 0.6) is 0 Å². The van der Waals surface area contributed by atoms with Crippen LogP contribution in [-0.2, 0) is 6.54 Å². The molecule has 0 aliphatic heterocycles. The lowest BCUT2D eigenvalue weighted by atomic mass is 10.3. The molecular formula is C12H17N5S. The summed E-state index contributed by atoms with van der Waals surface area (Å²) in [5, 5.41) is 15.2. The zero-order valence-electron chi connectivity index (χ0n) is 10.8. The molecule has 0 spiro atoms. The highest BCUT2D eigenvalue weighted by Gasteiger charge is 2.08. The number of hydrogen-bond donors (Lipinski definition) is 1. The Morgan fingerprint density at radius 1 is 1.39 bits per heavy atom. The number of thioether (sulfide) groups is 1. The van der Waals surface area contributed by atoms with Crippen molar-refractivity contribution in [2.24, 2.45) is 0 Å². The molecule has 0 atom stereocenters. The van der Waals surface area contributed by atoms with E-state index >= 15 is 0 Å². The molecule has 0 unspecified atom stereocenters. The molecule has 2 aromatic rings. The first-order chi connectivity index (χ1) is 8.70. The van der Waals surface area contributed by atoms with E-state index < -0.39 is 0 Å². The Bertz CT molecular complexity index is 509. The van der Waals surface area contributed by atoms with Gasteiger partial charge in [-0.2, -0.15) is 4.68 Å². The molecule has 0 radical (unpaired) electrons. The van der Waals surface area contributed by atoms with Crippen molar-refractivity contribution in [2.75, 3.05) is 6.26 Å². The predicted octanol–water partition coefficient (Wildman–Crippen LogP) is 1.88. The molecule has 1 N–H and O–H groups in total. The highest BCUT2D eigenvalue weighted by molar-refractivity contribution is 7.98. The van der Waals surface area contributed by atoms with Gasteiger partial charge in [0.2, 0.25) is 0 Å². The number of nitrogens with one attached hydrogen (secondary N) is 1. The highest BCUT2D eigenvalue weighted by atomic mass is 32.2. The first-order valence-corrected chi connectivity index (χ1v) is 7.08. The summed E-state index contributed by atoms with van der Waals surface area (Å²) in [5.74, 6) is 0.821. The fraction of sp³-hybridized carbons (Fsp3) is 0.417. The largest absolute Gasteiger partial charge is 0.308 e. The molecule has 0 bridgehead atoms. The fourth-order valence-electron chi connectivity index (χ4n) is 1.55. The van der Waals surface area contributed by atoms with E-state index in [1.54, 1.807) is 16.4 Å². The van der Waals surface area contributed by atoms with Crippen molar-refractivity contribution in [3.8, 4) is 5.69 Å². The van der Waals surface area contributed by atoms with Crippen molar-refractivity contribution in [2.45, 2.75) is 31.3 Å². The number of tetrazole rings is 1. The minimum absolute atomic E-state index is 0.410. The van der Waals surface area contributed by atoms with Gasteiger partial charge in [0.1, 0.15) is 0 Å². The molecule has 0 fully saturated rings. The van der Waals surface area contributed by atoms with Gasteiger partial charge in [0.15, 0.2) is 5.82 Å². The first-order valence-electron chi connectivity index (χ1n) is 5.86. The SMILES string of the molecule is CSc1cccc(-n2nnnc2CNC(C)C)c1. The topological polar surface area (TPSA) is 55.6 Å². The van der Waals surface area contributed by atoms with Crippen molar-refractivity contribution >= 4 is 11.8 Å². The second-order valence-corrected chi connectivity index (χ2v) is 5.12. The van der Waals surface area contributed by atoms with Gasteiger partial charge >= 0.3 is 0 Å². The summed E-state index contributed by atoms with van der Waals surface area (Å²) in [6.45, 7) is 4.86. The third-order valence-corrected chi connectivity index (χ3v) is 3.23. The second-order valence-electron chi connectivity index (χ2n) is 4.24. The Morgan fingerprint density at radius 3 is 2.94 bits per heavy atom. The van der Waals surface area contributed by atoms with Crippen LogP contribution in [0, 0.1) is 0 Å². The van der Waals surface area contributed by atoms with Crippen molar-refractivity contribution in [1.82, 2.24) is 25.5 Å². The Morgan fingerprint density at radius 2 is 2.22 bits per heavy atom. The molecule has 0 amide bonds. The molecule has 6 heteroatoms. The Balaban J connectivity index is 2.24. The van der Waals surface area contributed by atoms with Crippen LogP contribution in [0.3, 0.4) is 0 Å². The minimum atomic E-state index is 0.410. The molecular weight excluding hydrogens is 246 g/mol. The van der Waals surface area contributed by atoms with Gasteiger partial charge in [-0.15, -0.1) is 16.9 Å². The van der Waals surface area contributed by atoms with E-state index in [4.69, 9.17) is 0 Å². The standard InChI is InChI=1S/C12H17N5S/c1-9(2)13-8-12-14-15-16-17(12)10-5-4-6-11(7-10)18-3/h4-7,9,13H,8H2,1-3H3. The lowest BCUT2D eigenvalue weighted by molar-refractivity contribution is 0.563. The summed E-state index contributed by atoms with van der Waals surface area (Å²) in [7, 11) is 0. The van der Waals surface area contributed by atoms with Crippen molar-refractivity contribution < 1.29 is 0 Å². The maximum atomic E-state index is 4.05. The summed E-state index contributed by atoms with van der Waals surface area (Å²) < 4.78 is 1.77. The molecule has 0 saturated carbocycles. The van der Waals surface area contributed by atoms with E-state index in [2.05, 4.69) is 53.1 Å². The summed E-state index contributed by atoms with van der Waals surface area (Å²) in [6, 6.07) is 8.59. The first kappa shape index (κ1) is 13.0. The van der Waals surface area contributed by atoms with Gasteiger partial charge in [0.05, 0.1) is 12.2 Å². The molecule has 1 aromatic heterocycles. The molecule has 0 aliphatic carbocycles.